The highest BCUT2D eigenvalue weighted by Gasteiger charge is 2.36. The van der Waals surface area contributed by atoms with Crippen LogP contribution in [0.5, 0.6) is 0 Å². The highest BCUT2D eigenvalue weighted by molar-refractivity contribution is 5.80. The molecule has 1 radical (unpaired) electrons. The lowest BCUT2D eigenvalue weighted by atomic mass is 9.82. The highest BCUT2D eigenvalue weighted by atomic mass is 16.1. The molecule has 113 valence electrons. The van der Waals surface area contributed by atoms with Gasteiger partial charge >= 0.3 is 0 Å². The van der Waals surface area contributed by atoms with Crippen LogP contribution in [0.3, 0.4) is 0 Å². The predicted molar refractivity (Wildman–Crippen MR) is 80.0 cm³/mol. The van der Waals surface area contributed by atoms with Crippen LogP contribution in [-0.2, 0) is 4.79 Å². The number of rotatable bonds is 3. The first-order valence-corrected chi connectivity index (χ1v) is 8.35. The van der Waals surface area contributed by atoms with Crippen LogP contribution in [0.4, 0.5) is 0 Å². The van der Waals surface area contributed by atoms with Crippen LogP contribution < -0.4 is 5.73 Å². The van der Waals surface area contributed by atoms with E-state index in [0.717, 1.165) is 37.9 Å². The van der Waals surface area contributed by atoms with E-state index in [1.54, 1.807) is 0 Å². The fourth-order valence-electron chi connectivity index (χ4n) is 4.44. The first-order chi connectivity index (χ1) is 9.75. The number of nitrogens with two attached hydrogens (primary N) is 1. The quantitative estimate of drug-likeness (QED) is 0.849. The van der Waals surface area contributed by atoms with E-state index in [1.165, 1.54) is 45.2 Å². The van der Waals surface area contributed by atoms with Crippen LogP contribution in [0, 0.1) is 12.3 Å². The second-order valence-corrected chi connectivity index (χ2v) is 6.73. The van der Waals surface area contributed by atoms with E-state index in [9.17, 15) is 4.79 Å². The fourth-order valence-corrected chi connectivity index (χ4v) is 4.44. The molecule has 0 aliphatic carbocycles. The average Bonchev–Trinajstić information content (AvgIpc) is 2.48. The molecular formula is C16H28N3O. The Morgan fingerprint density at radius 3 is 2.85 bits per heavy atom. The second-order valence-electron chi connectivity index (χ2n) is 6.73. The van der Waals surface area contributed by atoms with Crippen molar-refractivity contribution in [3.05, 3.63) is 6.42 Å². The van der Waals surface area contributed by atoms with Gasteiger partial charge in [0.1, 0.15) is 0 Å². The first-order valence-electron chi connectivity index (χ1n) is 8.35. The van der Waals surface area contributed by atoms with Crippen molar-refractivity contribution in [2.75, 3.05) is 26.2 Å². The van der Waals surface area contributed by atoms with Gasteiger partial charge in [-0.3, -0.25) is 9.69 Å². The highest BCUT2D eigenvalue weighted by Crippen LogP contribution is 2.32. The van der Waals surface area contributed by atoms with E-state index in [1.807, 2.05) is 0 Å². The van der Waals surface area contributed by atoms with Gasteiger partial charge in [0.05, 0.1) is 6.04 Å². The third kappa shape index (κ3) is 3.01. The lowest BCUT2D eigenvalue weighted by molar-refractivity contribution is -0.124. The van der Waals surface area contributed by atoms with Gasteiger partial charge in [0.25, 0.3) is 0 Å². The standard InChI is InChI=1S/C16H28N3O/c17-16(20)15-8-2-4-10-19(15)12-13-6-5-11-18-9-3-1-7-14(13)18/h2,13-15H,1,3-12H2,(H2,17,20). The maximum Gasteiger partial charge on any atom is 0.234 e. The van der Waals surface area contributed by atoms with Crippen molar-refractivity contribution in [3.8, 4) is 0 Å². The number of fused-ring (bicyclic) bond motifs is 1. The predicted octanol–water partition coefficient (Wildman–Crippen LogP) is 1.40. The van der Waals surface area contributed by atoms with Crippen LogP contribution in [0.2, 0.25) is 0 Å². The van der Waals surface area contributed by atoms with E-state index in [-0.39, 0.29) is 11.9 Å². The summed E-state index contributed by atoms with van der Waals surface area (Å²) in [6.07, 6.45) is 10.9. The number of hydrogen-bond acceptors (Lipinski definition) is 3. The topological polar surface area (TPSA) is 49.6 Å². The summed E-state index contributed by atoms with van der Waals surface area (Å²) in [6.45, 7) is 4.65. The Labute approximate surface area is 122 Å². The lowest BCUT2D eigenvalue weighted by Crippen LogP contribution is -2.55. The molecule has 2 N–H and O–H groups in total. The molecule has 0 bridgehead atoms. The number of carbonyl (C=O) groups is 1. The minimum Gasteiger partial charge on any atom is -0.368 e. The van der Waals surface area contributed by atoms with E-state index < -0.39 is 0 Å². The molecule has 3 heterocycles. The molecule has 3 atom stereocenters. The van der Waals surface area contributed by atoms with E-state index >= 15 is 0 Å². The number of nitrogens with zero attached hydrogens (tertiary/aromatic N) is 2. The molecule has 3 rings (SSSR count). The molecular weight excluding hydrogens is 250 g/mol. The summed E-state index contributed by atoms with van der Waals surface area (Å²) in [6, 6.07) is 0.708. The van der Waals surface area contributed by atoms with Crippen molar-refractivity contribution in [2.24, 2.45) is 11.7 Å². The molecule has 1 amide bonds. The van der Waals surface area contributed by atoms with Gasteiger partial charge < -0.3 is 10.6 Å². The first kappa shape index (κ1) is 14.3. The number of piperidine rings is 3. The summed E-state index contributed by atoms with van der Waals surface area (Å²) in [5.41, 5.74) is 5.58. The number of likely N-dealkylation sites (tertiary alicyclic amines) is 1. The maximum atomic E-state index is 11.6. The molecule has 0 spiro atoms. The van der Waals surface area contributed by atoms with Gasteiger partial charge in [0, 0.05) is 12.6 Å². The SMILES string of the molecule is NC(=O)C1C[CH]CCN1CC1CCCN2CCCCC12. The molecule has 4 nitrogen and oxygen atoms in total. The summed E-state index contributed by atoms with van der Waals surface area (Å²) < 4.78 is 0. The number of amides is 1. The van der Waals surface area contributed by atoms with Crippen molar-refractivity contribution >= 4 is 5.91 Å². The minimum atomic E-state index is -0.141. The van der Waals surface area contributed by atoms with E-state index in [0.29, 0.717) is 0 Å². The molecule has 3 fully saturated rings. The Balaban J connectivity index is 1.64. The molecule has 0 aromatic heterocycles. The normalized spacial score (nSPS) is 36.5. The third-order valence-electron chi connectivity index (χ3n) is 5.48. The number of hydrogen-bond donors (Lipinski definition) is 1. The summed E-state index contributed by atoms with van der Waals surface area (Å²) in [5.74, 6) is 0.598. The second kappa shape index (κ2) is 6.44. The van der Waals surface area contributed by atoms with Crippen molar-refractivity contribution in [1.29, 1.82) is 0 Å². The van der Waals surface area contributed by atoms with Gasteiger partial charge in [-0.25, -0.2) is 0 Å². The largest absolute Gasteiger partial charge is 0.368 e. The smallest absolute Gasteiger partial charge is 0.234 e. The van der Waals surface area contributed by atoms with Gasteiger partial charge in [-0.05, 0) is 70.5 Å². The summed E-state index contributed by atoms with van der Waals surface area (Å²) in [4.78, 5) is 16.7. The molecule has 0 aromatic rings. The minimum absolute atomic E-state index is 0.0530. The van der Waals surface area contributed by atoms with Gasteiger partial charge in [-0.1, -0.05) is 6.42 Å². The van der Waals surface area contributed by atoms with Crippen LogP contribution >= 0.6 is 0 Å². The van der Waals surface area contributed by atoms with Crippen LogP contribution in [0.1, 0.15) is 44.9 Å². The summed E-state index contributed by atoms with van der Waals surface area (Å²) in [7, 11) is 0. The zero-order chi connectivity index (χ0) is 13.9. The molecule has 3 saturated heterocycles. The maximum absolute atomic E-state index is 11.6. The van der Waals surface area contributed by atoms with Crippen molar-refractivity contribution in [3.63, 3.8) is 0 Å². The lowest BCUT2D eigenvalue weighted by Gasteiger charge is -2.47. The van der Waals surface area contributed by atoms with Crippen LogP contribution in [-0.4, -0.2) is 54.0 Å². The Morgan fingerprint density at radius 1 is 1.15 bits per heavy atom. The molecule has 3 unspecified atom stereocenters. The Hall–Kier alpha value is -0.610. The fraction of sp³-hybridized carbons (Fsp3) is 0.875. The average molecular weight is 278 g/mol. The van der Waals surface area contributed by atoms with E-state index in [4.69, 9.17) is 5.73 Å². The number of primary amides is 1. The van der Waals surface area contributed by atoms with E-state index in [2.05, 4.69) is 16.2 Å². The number of carbonyl (C=O) groups excluding carboxylic acids is 1. The van der Waals surface area contributed by atoms with Crippen LogP contribution in [0.25, 0.3) is 0 Å². The van der Waals surface area contributed by atoms with Gasteiger partial charge in [-0.2, -0.15) is 0 Å². The zero-order valence-corrected chi connectivity index (χ0v) is 12.5. The van der Waals surface area contributed by atoms with Crippen molar-refractivity contribution in [2.45, 2.75) is 57.0 Å². The zero-order valence-electron chi connectivity index (χ0n) is 12.5. The molecule has 0 saturated carbocycles. The summed E-state index contributed by atoms with van der Waals surface area (Å²) >= 11 is 0. The molecule has 4 heteroatoms. The van der Waals surface area contributed by atoms with Crippen LogP contribution in [0.15, 0.2) is 0 Å². The molecule has 0 aromatic carbocycles. The van der Waals surface area contributed by atoms with Crippen molar-refractivity contribution < 1.29 is 4.79 Å². The Kier molecular flexibility index (Phi) is 4.61. The molecule has 3 aliphatic rings. The van der Waals surface area contributed by atoms with Gasteiger partial charge in [0.15, 0.2) is 0 Å². The third-order valence-corrected chi connectivity index (χ3v) is 5.48. The van der Waals surface area contributed by atoms with Gasteiger partial charge in [0.2, 0.25) is 5.91 Å². The summed E-state index contributed by atoms with van der Waals surface area (Å²) in [5, 5.41) is 0. The van der Waals surface area contributed by atoms with Gasteiger partial charge in [-0.15, -0.1) is 0 Å². The Morgan fingerprint density at radius 2 is 2.00 bits per heavy atom. The Bertz CT molecular complexity index is 345. The molecule has 3 aliphatic heterocycles. The van der Waals surface area contributed by atoms with Crippen molar-refractivity contribution in [1.82, 2.24) is 9.80 Å². The monoisotopic (exact) mass is 278 g/mol. The molecule has 20 heavy (non-hydrogen) atoms.